The molecule has 0 aliphatic rings. The fraction of sp³-hybridized carbons (Fsp3) is 0.143. The Hall–Kier alpha value is -2.03. The number of carbonyl (C=O) groups is 1. The van der Waals surface area contributed by atoms with Crippen LogP contribution in [0.15, 0.2) is 36.5 Å². The van der Waals surface area contributed by atoms with Gasteiger partial charge in [-0.3, -0.25) is 9.78 Å². The lowest BCUT2D eigenvalue weighted by molar-refractivity contribution is 0.103. The van der Waals surface area contributed by atoms with Crippen molar-refractivity contribution >= 4 is 5.78 Å². The minimum atomic E-state index is -0.496. The van der Waals surface area contributed by atoms with Gasteiger partial charge in [-0.15, -0.1) is 0 Å². The van der Waals surface area contributed by atoms with Crippen LogP contribution in [-0.4, -0.2) is 10.8 Å². The van der Waals surface area contributed by atoms with Crippen molar-refractivity contribution in [2.75, 3.05) is 0 Å². The highest BCUT2D eigenvalue weighted by Gasteiger charge is 2.16. The lowest BCUT2D eigenvalue weighted by atomic mass is 10.0. The molecule has 2 aromatic rings. The van der Waals surface area contributed by atoms with Crippen molar-refractivity contribution in [1.29, 1.82) is 0 Å². The van der Waals surface area contributed by atoms with Crippen molar-refractivity contribution in [3.8, 4) is 0 Å². The zero-order valence-corrected chi connectivity index (χ0v) is 9.70. The van der Waals surface area contributed by atoms with Gasteiger partial charge >= 0.3 is 0 Å². The second kappa shape index (κ2) is 4.45. The van der Waals surface area contributed by atoms with Gasteiger partial charge in [0.25, 0.3) is 0 Å². The van der Waals surface area contributed by atoms with E-state index in [9.17, 15) is 9.18 Å². The maximum Gasteiger partial charge on any atom is 0.197 e. The van der Waals surface area contributed by atoms with Gasteiger partial charge in [-0.05, 0) is 38.1 Å². The Kier molecular flexibility index (Phi) is 3.00. The molecule has 1 aromatic carbocycles. The Balaban J connectivity index is 2.51. The summed E-state index contributed by atoms with van der Waals surface area (Å²) >= 11 is 0. The minimum absolute atomic E-state index is 0.0982. The van der Waals surface area contributed by atoms with Gasteiger partial charge in [0.15, 0.2) is 5.78 Å². The number of aromatic nitrogens is 1. The molecule has 0 unspecified atom stereocenters. The van der Waals surface area contributed by atoms with Gasteiger partial charge in [-0.2, -0.15) is 0 Å². The van der Waals surface area contributed by atoms with E-state index in [0.717, 1.165) is 5.56 Å². The topological polar surface area (TPSA) is 30.0 Å². The summed E-state index contributed by atoms with van der Waals surface area (Å²) in [5.41, 5.74) is 2.01. The Morgan fingerprint density at radius 3 is 2.65 bits per heavy atom. The summed E-state index contributed by atoms with van der Waals surface area (Å²) in [6.45, 7) is 3.56. The lowest BCUT2D eigenvalue weighted by Crippen LogP contribution is -2.07. The molecule has 0 N–H and O–H groups in total. The average Bonchev–Trinajstić information content (AvgIpc) is 2.32. The van der Waals surface area contributed by atoms with E-state index in [4.69, 9.17) is 0 Å². The molecule has 2 nitrogen and oxygen atoms in total. The number of ketones is 1. The molecule has 2 rings (SSSR count). The first-order chi connectivity index (χ1) is 8.09. The smallest absolute Gasteiger partial charge is 0.197 e. The maximum absolute atomic E-state index is 13.6. The first kappa shape index (κ1) is 11.5. The summed E-state index contributed by atoms with van der Waals surface area (Å²) in [4.78, 5) is 16.2. The minimum Gasteiger partial charge on any atom is -0.288 e. The highest BCUT2D eigenvalue weighted by atomic mass is 19.1. The summed E-state index contributed by atoms with van der Waals surface area (Å²) in [7, 11) is 0. The molecule has 3 heteroatoms. The molecule has 0 saturated heterocycles. The predicted molar refractivity (Wildman–Crippen MR) is 63.5 cm³/mol. The quantitative estimate of drug-likeness (QED) is 0.741. The number of rotatable bonds is 2. The van der Waals surface area contributed by atoms with Gasteiger partial charge in [-0.25, -0.2) is 4.39 Å². The monoisotopic (exact) mass is 229 g/mol. The van der Waals surface area contributed by atoms with Crippen LogP contribution in [0.1, 0.15) is 27.2 Å². The van der Waals surface area contributed by atoms with Crippen LogP contribution in [0.5, 0.6) is 0 Å². The normalized spacial score (nSPS) is 10.3. The number of nitrogens with zero attached hydrogens (tertiary/aromatic N) is 1. The van der Waals surface area contributed by atoms with Gasteiger partial charge < -0.3 is 0 Å². The summed E-state index contributed by atoms with van der Waals surface area (Å²) in [6, 6.07) is 7.85. The van der Waals surface area contributed by atoms with Crippen LogP contribution < -0.4 is 0 Å². The van der Waals surface area contributed by atoms with Gasteiger partial charge in [-0.1, -0.05) is 11.6 Å². The van der Waals surface area contributed by atoms with Gasteiger partial charge in [0.1, 0.15) is 5.82 Å². The lowest BCUT2D eigenvalue weighted by Gasteiger charge is -2.05. The van der Waals surface area contributed by atoms with Crippen molar-refractivity contribution in [2.45, 2.75) is 13.8 Å². The second-order valence-corrected chi connectivity index (χ2v) is 3.95. The summed E-state index contributed by atoms with van der Waals surface area (Å²) in [6.07, 6.45) is 1.61. The first-order valence-electron chi connectivity index (χ1n) is 5.32. The molecule has 86 valence electrons. The molecule has 0 spiro atoms. The molecule has 0 aliphatic heterocycles. The van der Waals surface area contributed by atoms with Crippen molar-refractivity contribution in [2.24, 2.45) is 0 Å². The van der Waals surface area contributed by atoms with Crippen LogP contribution in [0.25, 0.3) is 0 Å². The largest absolute Gasteiger partial charge is 0.288 e. The number of benzene rings is 1. The Morgan fingerprint density at radius 1 is 1.18 bits per heavy atom. The van der Waals surface area contributed by atoms with E-state index >= 15 is 0 Å². The standard InChI is InChI=1S/C14H12FNO/c1-9-5-6-13(15)12(8-9)14(17)11-4-3-7-16-10(11)2/h3-8H,1-2H3. The third-order valence-corrected chi connectivity index (χ3v) is 2.62. The SMILES string of the molecule is Cc1ccc(F)c(C(=O)c2cccnc2C)c1. The van der Waals surface area contributed by atoms with Gasteiger partial charge in [0.2, 0.25) is 0 Å². The van der Waals surface area contributed by atoms with Crippen LogP contribution in [0, 0.1) is 19.7 Å². The number of halogens is 1. The zero-order valence-electron chi connectivity index (χ0n) is 9.70. The van der Waals surface area contributed by atoms with Crippen molar-refractivity contribution in [1.82, 2.24) is 4.98 Å². The number of pyridine rings is 1. The molecule has 1 heterocycles. The van der Waals surface area contributed by atoms with Crippen LogP contribution in [0.4, 0.5) is 4.39 Å². The van der Waals surface area contributed by atoms with E-state index in [-0.39, 0.29) is 11.3 Å². The van der Waals surface area contributed by atoms with E-state index in [2.05, 4.69) is 4.98 Å². The highest BCUT2D eigenvalue weighted by molar-refractivity contribution is 6.09. The number of carbonyl (C=O) groups excluding carboxylic acids is 1. The Morgan fingerprint density at radius 2 is 1.94 bits per heavy atom. The fourth-order valence-electron chi connectivity index (χ4n) is 1.68. The van der Waals surface area contributed by atoms with Crippen LogP contribution in [-0.2, 0) is 0 Å². The molecule has 0 amide bonds. The maximum atomic E-state index is 13.6. The zero-order chi connectivity index (χ0) is 12.4. The first-order valence-corrected chi connectivity index (χ1v) is 5.32. The molecule has 0 bridgehead atoms. The predicted octanol–water partition coefficient (Wildman–Crippen LogP) is 3.07. The average molecular weight is 229 g/mol. The molecule has 0 radical (unpaired) electrons. The van der Waals surface area contributed by atoms with E-state index in [1.54, 1.807) is 37.4 Å². The van der Waals surface area contributed by atoms with Crippen molar-refractivity contribution in [3.63, 3.8) is 0 Å². The highest BCUT2D eigenvalue weighted by Crippen LogP contribution is 2.16. The summed E-state index contributed by atoms with van der Waals surface area (Å²) in [5.74, 6) is -0.819. The molecular weight excluding hydrogens is 217 g/mol. The number of hydrogen-bond donors (Lipinski definition) is 0. The molecule has 1 aromatic heterocycles. The van der Waals surface area contributed by atoms with Crippen LogP contribution in [0.2, 0.25) is 0 Å². The summed E-state index contributed by atoms with van der Waals surface area (Å²) < 4.78 is 13.6. The second-order valence-electron chi connectivity index (χ2n) is 3.95. The van der Waals surface area contributed by atoms with Gasteiger partial charge in [0, 0.05) is 17.5 Å². The third kappa shape index (κ3) is 2.23. The van der Waals surface area contributed by atoms with E-state index < -0.39 is 5.82 Å². The van der Waals surface area contributed by atoms with E-state index in [1.807, 2.05) is 6.92 Å². The Bertz CT molecular complexity index is 578. The number of aryl methyl sites for hydroxylation is 2. The van der Waals surface area contributed by atoms with Gasteiger partial charge in [0.05, 0.1) is 5.56 Å². The third-order valence-electron chi connectivity index (χ3n) is 2.62. The molecular formula is C14H12FNO. The molecule has 0 saturated carbocycles. The van der Waals surface area contributed by atoms with Crippen LogP contribution >= 0.6 is 0 Å². The fourth-order valence-corrected chi connectivity index (χ4v) is 1.68. The van der Waals surface area contributed by atoms with E-state index in [1.165, 1.54) is 6.07 Å². The van der Waals surface area contributed by atoms with Crippen LogP contribution in [0.3, 0.4) is 0 Å². The summed E-state index contributed by atoms with van der Waals surface area (Å²) in [5, 5.41) is 0. The molecule has 0 aliphatic carbocycles. The Labute approximate surface area is 99.1 Å². The molecule has 0 fully saturated rings. The van der Waals surface area contributed by atoms with Crippen molar-refractivity contribution < 1.29 is 9.18 Å². The number of hydrogen-bond acceptors (Lipinski definition) is 2. The van der Waals surface area contributed by atoms with Crippen molar-refractivity contribution in [3.05, 3.63) is 64.7 Å². The molecule has 0 atom stereocenters. The molecule has 17 heavy (non-hydrogen) atoms. The van der Waals surface area contributed by atoms with E-state index in [0.29, 0.717) is 11.3 Å².